The van der Waals surface area contributed by atoms with Crippen molar-refractivity contribution in [1.82, 2.24) is 30.0 Å². The molecular formula is C76H94N6O24. The fourth-order valence-electron chi connectivity index (χ4n) is 12.9. The predicted molar refractivity (Wildman–Crippen MR) is 372 cm³/mol. The highest BCUT2D eigenvalue weighted by molar-refractivity contribution is 5.70. The number of para-hydroxylation sites is 2. The maximum Gasteiger partial charge on any atom is 0.303 e. The van der Waals surface area contributed by atoms with Gasteiger partial charge in [0.1, 0.15) is 59.8 Å². The van der Waals surface area contributed by atoms with Crippen LogP contribution in [0.3, 0.4) is 0 Å². The maximum absolute atomic E-state index is 12.6. The van der Waals surface area contributed by atoms with Gasteiger partial charge in [-0.15, -0.1) is 10.2 Å². The number of fused-ring (bicyclic) bond motifs is 8. The first-order valence-corrected chi connectivity index (χ1v) is 35.1. The first-order valence-electron chi connectivity index (χ1n) is 35.1. The molecule has 0 saturated carbocycles. The Morgan fingerprint density at radius 1 is 0.387 bits per heavy atom. The lowest BCUT2D eigenvalue weighted by molar-refractivity contribution is -0.310. The Hall–Kier alpha value is -10.0. The van der Waals surface area contributed by atoms with Crippen molar-refractivity contribution < 1.29 is 114 Å². The van der Waals surface area contributed by atoms with E-state index in [1.165, 1.54) is 13.8 Å². The zero-order valence-electron chi connectivity index (χ0n) is 62.6. The fraction of sp³-hybridized carbons (Fsp3) is 0.526. The Balaban J connectivity index is 1.08. The van der Waals surface area contributed by atoms with Crippen LogP contribution in [0.1, 0.15) is 178 Å². The number of rotatable bonds is 28. The summed E-state index contributed by atoms with van der Waals surface area (Å²) in [5, 5.41) is 17.9. The lowest BCUT2D eigenvalue weighted by atomic mass is 9.89. The van der Waals surface area contributed by atoms with Gasteiger partial charge in [0, 0.05) is 81.1 Å². The molecule has 2 saturated heterocycles. The smallest absolute Gasteiger partial charge is 0.303 e. The number of hydrogen-bond acceptors (Lipinski definition) is 28. The van der Waals surface area contributed by atoms with Crippen LogP contribution in [0.4, 0.5) is 0 Å². The maximum atomic E-state index is 12.6. The van der Waals surface area contributed by atoms with E-state index in [2.05, 4.69) is 69.2 Å². The molecule has 9 rings (SSSR count). The standard InChI is InChI=1S/C76H94N6O24/c1-39(2)95-65-53-19-17-20-54(65)28-58-24-52(32-82-34-62(78-80-82)36-94-76-74(104-50(16)90)72(102-48(14)88)70(100-46(12)86)64(106-76)38-92-44(10)84)26-60(68(58)98-42(7)8)30-56-22-18-21-55(66(56)96-40(3)4)29-59-25-51(23-57(27-53)67(59)97-41(5)6)31-81-33-61(77-79-81)35-93-75-73(103-49(15)89)71(101-47(13)87)69(99-45(11)85)63(105-75)37-91-43(9)83/h17-26,33-34,39-42,63-64,69-76H,27-32,35-38H2,1-16H3. The summed E-state index contributed by atoms with van der Waals surface area (Å²) < 4.78 is 99.9. The molecule has 2 aliphatic heterocycles. The first-order chi connectivity index (χ1) is 50.3. The van der Waals surface area contributed by atoms with Gasteiger partial charge in [0.05, 0.1) is 63.1 Å². The number of carbonyl (C=O) groups is 8. The van der Waals surface area contributed by atoms with E-state index in [-0.39, 0.29) is 50.7 Å². The minimum Gasteiger partial charge on any atom is -0.490 e. The molecule has 3 aliphatic rings. The van der Waals surface area contributed by atoms with Crippen LogP contribution in [0.2, 0.25) is 0 Å². The summed E-state index contributed by atoms with van der Waals surface area (Å²) in [6.45, 7) is 24.1. The highest BCUT2D eigenvalue weighted by atomic mass is 16.7. The Kier molecular flexibility index (Phi) is 27.4. The molecule has 106 heavy (non-hydrogen) atoms. The van der Waals surface area contributed by atoms with Crippen LogP contribution in [-0.4, -0.2) is 177 Å². The van der Waals surface area contributed by atoms with Crippen LogP contribution in [0.25, 0.3) is 0 Å². The van der Waals surface area contributed by atoms with E-state index in [1.807, 2.05) is 67.5 Å². The largest absolute Gasteiger partial charge is 0.490 e. The monoisotopic (exact) mass is 1470 g/mol. The zero-order valence-corrected chi connectivity index (χ0v) is 62.6. The van der Waals surface area contributed by atoms with Gasteiger partial charge in [0.25, 0.3) is 0 Å². The average Bonchev–Trinajstić information content (AvgIpc) is 0.952. The van der Waals surface area contributed by atoms with E-state index in [4.69, 9.17) is 75.8 Å². The number of hydrogen-bond donors (Lipinski definition) is 0. The van der Waals surface area contributed by atoms with Crippen molar-refractivity contribution in [2.75, 3.05) is 13.2 Å². The fourth-order valence-corrected chi connectivity index (χ4v) is 12.9. The van der Waals surface area contributed by atoms with Crippen molar-refractivity contribution in [1.29, 1.82) is 0 Å². The Morgan fingerprint density at radius 2 is 0.660 bits per heavy atom. The third-order valence-corrected chi connectivity index (χ3v) is 16.4. The molecule has 0 spiro atoms. The molecule has 4 heterocycles. The van der Waals surface area contributed by atoms with Gasteiger partial charge in [-0.05, 0) is 135 Å². The molecule has 30 heteroatoms. The molecule has 10 atom stereocenters. The van der Waals surface area contributed by atoms with E-state index in [1.54, 1.807) is 21.8 Å². The Morgan fingerprint density at radius 3 is 0.934 bits per heavy atom. The minimum absolute atomic E-state index is 0.214. The summed E-state index contributed by atoms with van der Waals surface area (Å²) in [7, 11) is 0. The SMILES string of the molecule is CC(=O)OCC1OC(OCc2cn(Cc3cc4c(OC(C)C)c(c3)Cc3cccc(c3OC(C)C)Cc3cc(Cn5cc(COC6OC(COC(C)=O)C(OC(C)=O)C(OC(C)=O)C6OC(C)=O)nn5)cc(c3OC(C)C)Cc3cccc(c3OC(C)C)C4)nn2)C(OC(C)=O)C(OC(C)=O)C1OC(C)=O. The molecule has 0 amide bonds. The lowest BCUT2D eigenvalue weighted by Gasteiger charge is -2.43. The van der Waals surface area contributed by atoms with Crippen LogP contribution in [0.15, 0.2) is 73.1 Å². The Labute approximate surface area is 614 Å². The Bertz CT molecular complexity index is 3780. The summed E-state index contributed by atoms with van der Waals surface area (Å²) >= 11 is 0. The summed E-state index contributed by atoms with van der Waals surface area (Å²) in [4.78, 5) is 99.1. The quantitative estimate of drug-likeness (QED) is 0.0331. The predicted octanol–water partition coefficient (Wildman–Crippen LogP) is 7.99. The molecule has 0 radical (unpaired) electrons. The summed E-state index contributed by atoms with van der Waals surface area (Å²) in [5.74, 6) is -3.24. The highest BCUT2D eigenvalue weighted by Crippen LogP contribution is 2.42. The molecule has 2 aromatic heterocycles. The second-order valence-electron chi connectivity index (χ2n) is 27.2. The zero-order chi connectivity index (χ0) is 76.8. The number of ether oxygens (including phenoxy) is 16. The van der Waals surface area contributed by atoms with Crippen molar-refractivity contribution in [2.45, 2.75) is 249 Å². The molecule has 2 fully saturated rings. The van der Waals surface area contributed by atoms with Crippen molar-refractivity contribution in [3.05, 3.63) is 140 Å². The van der Waals surface area contributed by atoms with Gasteiger partial charge in [-0.25, -0.2) is 9.36 Å². The van der Waals surface area contributed by atoms with Gasteiger partial charge in [-0.2, -0.15) is 0 Å². The number of benzene rings is 4. The van der Waals surface area contributed by atoms with E-state index >= 15 is 0 Å². The van der Waals surface area contributed by atoms with Crippen molar-refractivity contribution in [3.8, 4) is 23.0 Å². The van der Waals surface area contributed by atoms with Gasteiger partial charge in [0.2, 0.25) is 0 Å². The second kappa shape index (κ2) is 36.3. The van der Waals surface area contributed by atoms with Gasteiger partial charge in [-0.1, -0.05) is 46.8 Å². The second-order valence-corrected chi connectivity index (χ2v) is 27.2. The van der Waals surface area contributed by atoms with E-state index in [0.717, 1.165) is 97.2 Å². The summed E-state index contributed by atoms with van der Waals surface area (Å²) in [6.07, 6.45) is -10.1. The molecule has 4 aromatic carbocycles. The van der Waals surface area contributed by atoms with E-state index in [0.29, 0.717) is 60.1 Å². The molecule has 572 valence electrons. The van der Waals surface area contributed by atoms with Crippen LogP contribution in [0, 0.1) is 0 Å². The molecular weight excluding hydrogens is 1380 g/mol. The third kappa shape index (κ3) is 22.0. The molecule has 1 aliphatic carbocycles. The number of esters is 8. The number of aromatic nitrogens is 6. The molecule has 8 bridgehead atoms. The van der Waals surface area contributed by atoms with Crippen molar-refractivity contribution in [2.24, 2.45) is 0 Å². The van der Waals surface area contributed by atoms with Crippen molar-refractivity contribution in [3.63, 3.8) is 0 Å². The van der Waals surface area contributed by atoms with Crippen LogP contribution in [0.5, 0.6) is 23.0 Å². The van der Waals surface area contributed by atoms with Crippen LogP contribution < -0.4 is 18.9 Å². The normalized spacial score (nSPS) is 20.6. The lowest BCUT2D eigenvalue weighted by Crippen LogP contribution is -2.62. The van der Waals surface area contributed by atoms with Gasteiger partial charge >= 0.3 is 47.8 Å². The third-order valence-electron chi connectivity index (χ3n) is 16.4. The number of nitrogens with zero attached hydrogens (tertiary/aromatic N) is 6. The first kappa shape index (κ1) is 80.1. The minimum atomic E-state index is -1.45. The molecule has 30 nitrogen and oxygen atoms in total. The number of carbonyl (C=O) groups excluding carboxylic acids is 8. The van der Waals surface area contributed by atoms with Crippen LogP contribution >= 0.6 is 0 Å². The highest BCUT2D eigenvalue weighted by Gasteiger charge is 2.54. The topological polar surface area (TPSA) is 346 Å². The molecule has 0 N–H and O–H groups in total. The van der Waals surface area contributed by atoms with Gasteiger partial charge in [0.15, 0.2) is 49.2 Å². The van der Waals surface area contributed by atoms with Gasteiger partial charge < -0.3 is 75.8 Å². The average molecular weight is 1480 g/mol. The van der Waals surface area contributed by atoms with E-state index < -0.39 is 122 Å². The summed E-state index contributed by atoms with van der Waals surface area (Å²) in [5.41, 5.74) is 9.31. The van der Waals surface area contributed by atoms with Crippen LogP contribution in [-0.2, 0) is 147 Å². The molecule has 6 aromatic rings. The van der Waals surface area contributed by atoms with Crippen molar-refractivity contribution >= 4 is 47.8 Å². The van der Waals surface area contributed by atoms with E-state index in [9.17, 15) is 38.4 Å². The van der Waals surface area contributed by atoms with Gasteiger partial charge in [-0.3, -0.25) is 38.4 Å². The summed E-state index contributed by atoms with van der Waals surface area (Å²) in [6, 6.07) is 20.6. The molecule has 10 unspecified atom stereocenters.